The number of carbonyl (C=O) groups excluding carboxylic acids is 2. The molecule has 0 aromatic heterocycles. The molecule has 2 aromatic carbocycles. The first-order valence-electron chi connectivity index (χ1n) is 10.9. The van der Waals surface area contributed by atoms with E-state index in [1.54, 1.807) is 16.9 Å². The van der Waals surface area contributed by atoms with Crippen molar-refractivity contribution in [2.75, 3.05) is 18.6 Å². The molecule has 1 N–H and O–H groups in total. The van der Waals surface area contributed by atoms with Gasteiger partial charge >= 0.3 is 6.09 Å². The van der Waals surface area contributed by atoms with Gasteiger partial charge in [-0.15, -0.1) is 0 Å². The van der Waals surface area contributed by atoms with Gasteiger partial charge in [0, 0.05) is 23.7 Å². The number of hydrogen-bond donors (Lipinski definition) is 1. The average Bonchev–Trinajstić information content (AvgIpc) is 2.76. The first-order valence-corrected chi connectivity index (χ1v) is 12.7. The first-order chi connectivity index (χ1) is 15.6. The molecule has 0 spiro atoms. The molecular formula is C24H29ClN2O5S. The van der Waals surface area contributed by atoms with Crippen molar-refractivity contribution in [2.45, 2.75) is 50.5 Å². The lowest BCUT2D eigenvalue weighted by Gasteiger charge is -2.38. The molecule has 1 amide bonds. The Kier molecular flexibility index (Phi) is 8.02. The Morgan fingerprint density at radius 1 is 1.15 bits per heavy atom. The van der Waals surface area contributed by atoms with Crippen LogP contribution in [0.2, 0.25) is 5.02 Å². The Morgan fingerprint density at radius 3 is 2.48 bits per heavy atom. The largest absolute Gasteiger partial charge is 0.452 e. The number of aryl methyl sites for hydroxylation is 1. The van der Waals surface area contributed by atoms with Gasteiger partial charge in [-0.3, -0.25) is 4.79 Å². The van der Waals surface area contributed by atoms with Crippen LogP contribution in [0.4, 0.5) is 10.5 Å². The molecule has 9 heteroatoms. The molecule has 7 nitrogen and oxygen atoms in total. The lowest BCUT2D eigenvalue weighted by atomic mass is 9.91. The Hall–Kier alpha value is -2.58. The van der Waals surface area contributed by atoms with E-state index in [1.807, 2.05) is 18.2 Å². The van der Waals surface area contributed by atoms with E-state index in [2.05, 4.69) is 23.5 Å². The topological polar surface area (TPSA) is 92.8 Å². The maximum absolute atomic E-state index is 13.4. The molecule has 0 fully saturated rings. The number of rotatable bonds is 8. The van der Waals surface area contributed by atoms with Gasteiger partial charge in [-0.2, -0.15) is 0 Å². The van der Waals surface area contributed by atoms with Crippen molar-refractivity contribution in [1.82, 2.24) is 4.72 Å². The van der Waals surface area contributed by atoms with Crippen LogP contribution in [-0.4, -0.2) is 40.0 Å². The van der Waals surface area contributed by atoms with Gasteiger partial charge in [0.2, 0.25) is 0 Å². The second-order valence-corrected chi connectivity index (χ2v) is 10.7. The van der Waals surface area contributed by atoms with E-state index in [1.165, 1.54) is 12.1 Å². The zero-order chi connectivity index (χ0) is 24.2. The molecule has 1 aliphatic heterocycles. The van der Waals surface area contributed by atoms with Crippen molar-refractivity contribution in [3.8, 4) is 0 Å². The lowest BCUT2D eigenvalue weighted by Crippen LogP contribution is -2.45. The van der Waals surface area contributed by atoms with Gasteiger partial charge in [0.15, 0.2) is 5.78 Å². The van der Waals surface area contributed by atoms with Crippen LogP contribution in [0.25, 0.3) is 0 Å². The SMILES string of the molecule is COC(=O)NS(=O)(=O)c1ccc(CC(=O)[C@@H](CC(C)C)N2CCCc3cc(Cl)ccc32)cc1. The van der Waals surface area contributed by atoms with Crippen molar-refractivity contribution < 1.29 is 22.7 Å². The summed E-state index contributed by atoms with van der Waals surface area (Å²) in [6.45, 7) is 5.00. The van der Waals surface area contributed by atoms with Gasteiger partial charge in [-0.25, -0.2) is 17.9 Å². The quantitative estimate of drug-likeness (QED) is 0.588. The Bertz CT molecular complexity index is 1120. The minimum Gasteiger partial charge on any atom is -0.452 e. The van der Waals surface area contributed by atoms with Crippen LogP contribution in [0.3, 0.4) is 0 Å². The predicted octanol–water partition coefficient (Wildman–Crippen LogP) is 4.36. The molecule has 178 valence electrons. The summed E-state index contributed by atoms with van der Waals surface area (Å²) in [5.41, 5.74) is 2.92. The van der Waals surface area contributed by atoms with E-state index in [-0.39, 0.29) is 23.1 Å². The number of fused-ring (bicyclic) bond motifs is 1. The van der Waals surface area contributed by atoms with Crippen LogP contribution < -0.4 is 9.62 Å². The van der Waals surface area contributed by atoms with Crippen LogP contribution in [0.5, 0.6) is 0 Å². The van der Waals surface area contributed by atoms with Gasteiger partial charge in [0.05, 0.1) is 18.0 Å². The number of sulfonamides is 1. The van der Waals surface area contributed by atoms with Crippen LogP contribution in [0.1, 0.15) is 37.8 Å². The van der Waals surface area contributed by atoms with Crippen molar-refractivity contribution in [2.24, 2.45) is 5.92 Å². The molecule has 0 bridgehead atoms. The normalized spacial score (nSPS) is 14.5. The third-order valence-electron chi connectivity index (χ3n) is 5.65. The third-order valence-corrected chi connectivity index (χ3v) is 7.22. The third kappa shape index (κ3) is 6.26. The minimum atomic E-state index is -4.03. The Morgan fingerprint density at radius 2 is 1.85 bits per heavy atom. The van der Waals surface area contributed by atoms with Crippen molar-refractivity contribution in [1.29, 1.82) is 0 Å². The van der Waals surface area contributed by atoms with Crippen molar-refractivity contribution in [3.63, 3.8) is 0 Å². The molecule has 1 atom stereocenters. The molecule has 33 heavy (non-hydrogen) atoms. The minimum absolute atomic E-state index is 0.0785. The molecule has 0 aliphatic carbocycles. The van der Waals surface area contributed by atoms with E-state index >= 15 is 0 Å². The number of carbonyl (C=O) groups is 2. The fourth-order valence-corrected chi connectivity index (χ4v) is 5.22. The van der Waals surface area contributed by atoms with Crippen LogP contribution in [0.15, 0.2) is 47.4 Å². The van der Waals surface area contributed by atoms with E-state index in [4.69, 9.17) is 11.6 Å². The number of ether oxygens (including phenoxy) is 1. The smallest absolute Gasteiger partial charge is 0.420 e. The highest BCUT2D eigenvalue weighted by Crippen LogP contribution is 2.33. The van der Waals surface area contributed by atoms with E-state index < -0.39 is 16.1 Å². The highest BCUT2D eigenvalue weighted by atomic mass is 35.5. The maximum atomic E-state index is 13.4. The van der Waals surface area contributed by atoms with Crippen LogP contribution in [-0.2, 0) is 32.4 Å². The van der Waals surface area contributed by atoms with Gasteiger partial charge in [-0.1, -0.05) is 37.6 Å². The molecule has 0 saturated heterocycles. The van der Waals surface area contributed by atoms with E-state index in [0.717, 1.165) is 44.2 Å². The molecule has 0 unspecified atom stereocenters. The first kappa shape index (κ1) is 25.1. The summed E-state index contributed by atoms with van der Waals surface area (Å²) in [7, 11) is -2.95. The average molecular weight is 493 g/mol. The fourth-order valence-electron chi connectivity index (χ4n) is 4.11. The van der Waals surface area contributed by atoms with Crippen molar-refractivity contribution >= 4 is 39.2 Å². The highest BCUT2D eigenvalue weighted by Gasteiger charge is 2.30. The number of methoxy groups -OCH3 is 1. The van der Waals surface area contributed by atoms with Gasteiger partial charge < -0.3 is 9.64 Å². The number of ketones is 1. The zero-order valence-corrected chi connectivity index (χ0v) is 20.6. The lowest BCUT2D eigenvalue weighted by molar-refractivity contribution is -0.120. The molecule has 0 radical (unpaired) electrons. The number of amides is 1. The summed E-state index contributed by atoms with van der Waals surface area (Å²) in [6, 6.07) is 11.5. The molecule has 2 aromatic rings. The monoisotopic (exact) mass is 492 g/mol. The van der Waals surface area contributed by atoms with E-state index in [0.29, 0.717) is 16.5 Å². The summed E-state index contributed by atoms with van der Waals surface area (Å²) >= 11 is 6.18. The number of benzene rings is 2. The fraction of sp³-hybridized carbons (Fsp3) is 0.417. The second kappa shape index (κ2) is 10.6. The standard InChI is InChI=1S/C24H29ClN2O5S/c1-16(2)13-22(27-12-4-5-18-15-19(25)8-11-21(18)27)23(28)14-17-6-9-20(10-7-17)33(30,31)26-24(29)32-3/h6-11,15-16,22H,4-5,12-14H2,1-3H3,(H,26,29)/t22-/m1/s1. The Balaban J connectivity index is 1.80. The molecule has 3 rings (SSSR count). The number of anilines is 1. The number of nitrogens with zero attached hydrogens (tertiary/aromatic N) is 1. The molecular weight excluding hydrogens is 464 g/mol. The number of Topliss-reactive ketones (excluding diaryl/α,β-unsaturated/α-hetero) is 1. The summed E-state index contributed by atoms with van der Waals surface area (Å²) in [5.74, 6) is 0.406. The second-order valence-electron chi connectivity index (χ2n) is 8.60. The van der Waals surface area contributed by atoms with Crippen LogP contribution in [0, 0.1) is 5.92 Å². The molecule has 0 saturated carbocycles. The van der Waals surface area contributed by atoms with Gasteiger partial charge in [-0.05, 0) is 66.6 Å². The summed E-state index contributed by atoms with van der Waals surface area (Å²) in [6.07, 6.45) is 1.73. The van der Waals surface area contributed by atoms with Gasteiger partial charge in [0.1, 0.15) is 0 Å². The number of nitrogens with one attached hydrogen (secondary N) is 1. The van der Waals surface area contributed by atoms with Crippen molar-refractivity contribution in [3.05, 3.63) is 58.6 Å². The maximum Gasteiger partial charge on any atom is 0.420 e. The summed E-state index contributed by atoms with van der Waals surface area (Å²) in [4.78, 5) is 26.8. The number of halogens is 1. The Labute approximate surface area is 200 Å². The number of hydrogen-bond acceptors (Lipinski definition) is 6. The summed E-state index contributed by atoms with van der Waals surface area (Å²) < 4.78 is 30.6. The summed E-state index contributed by atoms with van der Waals surface area (Å²) in [5, 5.41) is 0.694. The van der Waals surface area contributed by atoms with Crippen LogP contribution >= 0.6 is 11.6 Å². The molecule has 1 aliphatic rings. The van der Waals surface area contributed by atoms with Gasteiger partial charge in [0.25, 0.3) is 10.0 Å². The molecule has 1 heterocycles. The van der Waals surface area contributed by atoms with E-state index in [9.17, 15) is 18.0 Å². The highest BCUT2D eigenvalue weighted by molar-refractivity contribution is 7.90. The predicted molar refractivity (Wildman–Crippen MR) is 128 cm³/mol. The zero-order valence-electron chi connectivity index (χ0n) is 19.0.